The maximum Gasteiger partial charge on any atom is 0.408 e. The third-order valence-electron chi connectivity index (χ3n) is 2.38. The first kappa shape index (κ1) is 15.0. The van der Waals surface area contributed by atoms with Crippen molar-refractivity contribution >= 4 is 6.09 Å². The Bertz CT molecular complexity index is 590. The minimum Gasteiger partial charge on any atom is -0.444 e. The highest BCUT2D eigenvalue weighted by atomic mass is 16.6. The van der Waals surface area contributed by atoms with Crippen LogP contribution in [0, 0.1) is 0 Å². The second kappa shape index (κ2) is 6.34. The Morgan fingerprint density at radius 3 is 2.90 bits per heavy atom. The zero-order valence-corrected chi connectivity index (χ0v) is 12.3. The number of aromatic nitrogens is 3. The number of ether oxygens (including phenoxy) is 1. The topological polar surface area (TPSA) is 90.1 Å². The van der Waals surface area contributed by atoms with Gasteiger partial charge >= 0.3 is 6.09 Å². The molecule has 1 amide bonds. The van der Waals surface area contributed by atoms with E-state index in [0.29, 0.717) is 18.1 Å². The number of nitrogens with zero attached hydrogens (tertiary/aromatic N) is 3. The Morgan fingerprint density at radius 2 is 2.24 bits per heavy atom. The lowest BCUT2D eigenvalue weighted by atomic mass is 10.2. The number of carbonyl (C=O) groups excluding carboxylic acids is 1. The molecule has 0 saturated carbocycles. The minimum atomic E-state index is -0.537. The van der Waals surface area contributed by atoms with E-state index >= 15 is 0 Å². The van der Waals surface area contributed by atoms with Crippen LogP contribution in [0.15, 0.2) is 29.0 Å². The minimum absolute atomic E-state index is 0.134. The van der Waals surface area contributed by atoms with Crippen LogP contribution >= 0.6 is 0 Å². The second-order valence-corrected chi connectivity index (χ2v) is 5.50. The van der Waals surface area contributed by atoms with Gasteiger partial charge in [0.2, 0.25) is 5.89 Å². The Hall–Kier alpha value is -2.44. The average Bonchev–Trinajstić information content (AvgIpc) is 2.83. The number of pyridine rings is 1. The normalized spacial score (nSPS) is 11.2. The molecule has 2 aromatic heterocycles. The standard InChI is InChI=1S/C14H18N4O3/c1-14(2,3)20-13(19)16-9-12-17-11(18-21-12)7-10-5-4-6-15-8-10/h4-6,8H,7,9H2,1-3H3,(H,16,19). The van der Waals surface area contributed by atoms with Gasteiger partial charge in [-0.25, -0.2) is 4.79 Å². The van der Waals surface area contributed by atoms with Crippen molar-refractivity contribution in [1.82, 2.24) is 20.4 Å². The third-order valence-corrected chi connectivity index (χ3v) is 2.38. The van der Waals surface area contributed by atoms with Gasteiger partial charge in [0.15, 0.2) is 5.82 Å². The summed E-state index contributed by atoms with van der Waals surface area (Å²) in [6.07, 6.45) is 3.46. The summed E-state index contributed by atoms with van der Waals surface area (Å²) in [7, 11) is 0. The molecule has 0 radical (unpaired) electrons. The van der Waals surface area contributed by atoms with Gasteiger partial charge in [0, 0.05) is 18.8 Å². The molecule has 2 rings (SSSR count). The van der Waals surface area contributed by atoms with Crippen LogP contribution in [-0.4, -0.2) is 26.8 Å². The molecule has 2 heterocycles. The second-order valence-electron chi connectivity index (χ2n) is 5.50. The summed E-state index contributed by atoms with van der Waals surface area (Å²) < 4.78 is 10.2. The van der Waals surface area contributed by atoms with Gasteiger partial charge in [-0.1, -0.05) is 11.2 Å². The highest BCUT2D eigenvalue weighted by molar-refractivity contribution is 5.67. The van der Waals surface area contributed by atoms with E-state index in [0.717, 1.165) is 5.56 Å². The van der Waals surface area contributed by atoms with Gasteiger partial charge in [-0.3, -0.25) is 4.98 Å². The summed E-state index contributed by atoms with van der Waals surface area (Å²) in [6, 6.07) is 3.78. The molecule has 0 saturated heterocycles. The van der Waals surface area contributed by atoms with Crippen LogP contribution in [0.25, 0.3) is 0 Å². The van der Waals surface area contributed by atoms with Gasteiger partial charge in [0.1, 0.15) is 12.1 Å². The molecule has 0 fully saturated rings. The monoisotopic (exact) mass is 290 g/mol. The Labute approximate surface area is 122 Å². The van der Waals surface area contributed by atoms with Crippen molar-refractivity contribution in [2.75, 3.05) is 0 Å². The quantitative estimate of drug-likeness (QED) is 0.927. The van der Waals surface area contributed by atoms with E-state index in [1.165, 1.54) is 0 Å². The summed E-state index contributed by atoms with van der Waals surface area (Å²) in [4.78, 5) is 19.7. The van der Waals surface area contributed by atoms with E-state index in [1.807, 2.05) is 12.1 Å². The third kappa shape index (κ3) is 5.21. The van der Waals surface area contributed by atoms with Crippen LogP contribution in [-0.2, 0) is 17.7 Å². The number of alkyl carbamates (subject to hydrolysis) is 1. The lowest BCUT2D eigenvalue weighted by Gasteiger charge is -2.19. The van der Waals surface area contributed by atoms with Crippen molar-refractivity contribution in [2.45, 2.75) is 39.3 Å². The number of nitrogens with one attached hydrogen (secondary N) is 1. The molecule has 0 spiro atoms. The van der Waals surface area contributed by atoms with E-state index in [-0.39, 0.29) is 6.54 Å². The summed E-state index contributed by atoms with van der Waals surface area (Å²) in [6.45, 7) is 5.52. The van der Waals surface area contributed by atoms with E-state index < -0.39 is 11.7 Å². The molecular weight excluding hydrogens is 272 g/mol. The molecule has 0 aliphatic heterocycles. The zero-order chi connectivity index (χ0) is 15.3. The van der Waals surface area contributed by atoms with Crippen LogP contribution < -0.4 is 5.32 Å². The molecule has 7 heteroatoms. The van der Waals surface area contributed by atoms with Gasteiger partial charge in [0.05, 0.1) is 0 Å². The molecule has 1 N–H and O–H groups in total. The first-order valence-corrected chi connectivity index (χ1v) is 6.59. The van der Waals surface area contributed by atoms with Gasteiger partial charge in [-0.2, -0.15) is 4.98 Å². The SMILES string of the molecule is CC(C)(C)OC(=O)NCc1nc(Cc2cccnc2)no1. The van der Waals surface area contributed by atoms with Gasteiger partial charge in [-0.05, 0) is 32.4 Å². The maximum atomic E-state index is 11.5. The number of amides is 1. The van der Waals surface area contributed by atoms with Crippen LogP contribution in [0.2, 0.25) is 0 Å². The summed E-state index contributed by atoms with van der Waals surface area (Å²) in [5.41, 5.74) is 0.453. The number of hydrogen-bond donors (Lipinski definition) is 1. The lowest BCUT2D eigenvalue weighted by molar-refractivity contribution is 0.0518. The smallest absolute Gasteiger partial charge is 0.408 e. The van der Waals surface area contributed by atoms with Gasteiger partial charge in [0.25, 0.3) is 0 Å². The van der Waals surface area contributed by atoms with Crippen LogP contribution in [0.4, 0.5) is 4.79 Å². The van der Waals surface area contributed by atoms with E-state index in [2.05, 4.69) is 20.4 Å². The van der Waals surface area contributed by atoms with E-state index in [4.69, 9.17) is 9.26 Å². The molecule has 0 aliphatic rings. The highest BCUT2D eigenvalue weighted by Crippen LogP contribution is 2.08. The predicted octanol–water partition coefficient (Wildman–Crippen LogP) is 2.08. The first-order chi connectivity index (χ1) is 9.92. The molecule has 0 aromatic carbocycles. The fourth-order valence-electron chi connectivity index (χ4n) is 1.58. The van der Waals surface area contributed by atoms with Crippen LogP contribution in [0.1, 0.15) is 38.0 Å². The number of carbonyl (C=O) groups is 1. The van der Waals surface area contributed by atoms with Gasteiger partial charge < -0.3 is 14.6 Å². The molecule has 0 atom stereocenters. The highest BCUT2D eigenvalue weighted by Gasteiger charge is 2.16. The van der Waals surface area contributed by atoms with Crippen LogP contribution in [0.5, 0.6) is 0 Å². The Balaban J connectivity index is 1.85. The summed E-state index contributed by atoms with van der Waals surface area (Å²) in [5, 5.41) is 6.42. The average molecular weight is 290 g/mol. The largest absolute Gasteiger partial charge is 0.444 e. The number of rotatable bonds is 4. The number of hydrogen-bond acceptors (Lipinski definition) is 6. The lowest BCUT2D eigenvalue weighted by Crippen LogP contribution is -2.32. The molecule has 7 nitrogen and oxygen atoms in total. The Kier molecular flexibility index (Phi) is 4.52. The molecule has 2 aromatic rings. The summed E-state index contributed by atoms with van der Waals surface area (Å²) >= 11 is 0. The predicted molar refractivity (Wildman–Crippen MR) is 74.4 cm³/mol. The molecule has 0 unspecified atom stereocenters. The van der Waals surface area contributed by atoms with Crippen molar-refractivity contribution in [2.24, 2.45) is 0 Å². The van der Waals surface area contributed by atoms with Crippen molar-refractivity contribution in [3.63, 3.8) is 0 Å². The molecule has 112 valence electrons. The molecular formula is C14H18N4O3. The van der Waals surface area contributed by atoms with E-state index in [1.54, 1.807) is 33.2 Å². The first-order valence-electron chi connectivity index (χ1n) is 6.59. The maximum absolute atomic E-state index is 11.5. The van der Waals surface area contributed by atoms with Crippen molar-refractivity contribution in [3.05, 3.63) is 41.8 Å². The fourth-order valence-corrected chi connectivity index (χ4v) is 1.58. The summed E-state index contributed by atoms with van der Waals surface area (Å²) in [5.74, 6) is 0.878. The molecule has 21 heavy (non-hydrogen) atoms. The fraction of sp³-hybridized carbons (Fsp3) is 0.429. The van der Waals surface area contributed by atoms with Crippen LogP contribution in [0.3, 0.4) is 0 Å². The van der Waals surface area contributed by atoms with Gasteiger partial charge in [-0.15, -0.1) is 0 Å². The molecule has 0 bridgehead atoms. The van der Waals surface area contributed by atoms with Crippen molar-refractivity contribution < 1.29 is 14.1 Å². The van der Waals surface area contributed by atoms with Crippen molar-refractivity contribution in [1.29, 1.82) is 0 Å². The Morgan fingerprint density at radius 1 is 1.43 bits per heavy atom. The zero-order valence-electron chi connectivity index (χ0n) is 12.3. The van der Waals surface area contributed by atoms with Crippen molar-refractivity contribution in [3.8, 4) is 0 Å². The molecule has 0 aliphatic carbocycles. The van der Waals surface area contributed by atoms with E-state index in [9.17, 15) is 4.79 Å².